The Kier molecular flexibility index (Phi) is 6.08. The molecular formula is C18H19BrClNO2. The predicted octanol–water partition coefficient (Wildman–Crippen LogP) is 5.55. The molecular weight excluding hydrogens is 378 g/mol. The van der Waals surface area contributed by atoms with Crippen LogP contribution in [0.1, 0.15) is 30.9 Å². The number of hydrogen-bond donors (Lipinski definition) is 1. The van der Waals surface area contributed by atoms with Crippen molar-refractivity contribution < 1.29 is 9.53 Å². The van der Waals surface area contributed by atoms with Gasteiger partial charge in [0, 0.05) is 15.2 Å². The molecule has 2 aromatic rings. The van der Waals surface area contributed by atoms with Crippen LogP contribution in [0.25, 0.3) is 0 Å². The Labute approximate surface area is 150 Å². The van der Waals surface area contributed by atoms with Gasteiger partial charge in [-0.25, -0.2) is 0 Å². The maximum absolute atomic E-state index is 12.0. The molecule has 0 spiro atoms. The summed E-state index contributed by atoms with van der Waals surface area (Å²) in [6.45, 7) is 6.04. The maximum atomic E-state index is 12.0. The highest BCUT2D eigenvalue weighted by Crippen LogP contribution is 2.29. The van der Waals surface area contributed by atoms with Gasteiger partial charge in [0.25, 0.3) is 5.91 Å². The van der Waals surface area contributed by atoms with Crippen LogP contribution in [-0.4, -0.2) is 12.5 Å². The number of ether oxygens (including phenoxy) is 1. The predicted molar refractivity (Wildman–Crippen MR) is 98.5 cm³/mol. The highest BCUT2D eigenvalue weighted by Gasteiger charge is 2.11. The van der Waals surface area contributed by atoms with Crippen molar-refractivity contribution in [2.75, 3.05) is 11.9 Å². The first kappa shape index (κ1) is 17.8. The van der Waals surface area contributed by atoms with E-state index in [0.717, 1.165) is 21.3 Å². The minimum absolute atomic E-state index is 0.0488. The number of halogens is 2. The zero-order valence-electron chi connectivity index (χ0n) is 13.3. The monoisotopic (exact) mass is 395 g/mol. The minimum atomic E-state index is -0.220. The summed E-state index contributed by atoms with van der Waals surface area (Å²) in [6.07, 6.45) is 0. The molecule has 0 unspecified atom stereocenters. The Bertz CT molecular complexity index is 716. The molecule has 2 aromatic carbocycles. The third-order valence-corrected chi connectivity index (χ3v) is 4.31. The van der Waals surface area contributed by atoms with Gasteiger partial charge in [-0.15, -0.1) is 0 Å². The zero-order valence-corrected chi connectivity index (χ0v) is 15.7. The van der Waals surface area contributed by atoms with Gasteiger partial charge in [0.2, 0.25) is 0 Å². The molecule has 0 heterocycles. The van der Waals surface area contributed by atoms with Crippen LogP contribution in [0.15, 0.2) is 40.9 Å². The standard InChI is InChI=1S/C18H19BrClNO2/c1-11(2)15-8-13(19)5-7-17(15)23-10-18(22)21-14-6-4-12(3)16(20)9-14/h4-9,11H,10H2,1-3H3,(H,21,22). The first-order chi connectivity index (χ1) is 10.9. The maximum Gasteiger partial charge on any atom is 0.262 e. The molecule has 0 aliphatic carbocycles. The third-order valence-electron chi connectivity index (χ3n) is 3.41. The quantitative estimate of drug-likeness (QED) is 0.719. The number of nitrogens with one attached hydrogen (secondary N) is 1. The smallest absolute Gasteiger partial charge is 0.262 e. The van der Waals surface area contributed by atoms with Crippen molar-refractivity contribution in [3.8, 4) is 5.75 Å². The fraction of sp³-hybridized carbons (Fsp3) is 0.278. The van der Waals surface area contributed by atoms with Crippen LogP contribution < -0.4 is 10.1 Å². The van der Waals surface area contributed by atoms with Crippen LogP contribution in [0.4, 0.5) is 5.69 Å². The highest BCUT2D eigenvalue weighted by atomic mass is 79.9. The van der Waals surface area contributed by atoms with Gasteiger partial charge in [0.1, 0.15) is 5.75 Å². The van der Waals surface area contributed by atoms with E-state index in [-0.39, 0.29) is 12.5 Å². The second-order valence-corrected chi connectivity index (χ2v) is 6.96. The molecule has 3 nitrogen and oxygen atoms in total. The van der Waals surface area contributed by atoms with Crippen molar-refractivity contribution in [1.29, 1.82) is 0 Å². The van der Waals surface area contributed by atoms with Crippen molar-refractivity contribution in [3.05, 3.63) is 57.0 Å². The van der Waals surface area contributed by atoms with Crippen LogP contribution in [-0.2, 0) is 4.79 Å². The van der Waals surface area contributed by atoms with Crippen LogP contribution in [0.2, 0.25) is 5.02 Å². The van der Waals surface area contributed by atoms with Gasteiger partial charge in [0.05, 0.1) is 0 Å². The molecule has 5 heteroatoms. The van der Waals surface area contributed by atoms with E-state index in [1.807, 2.05) is 37.3 Å². The van der Waals surface area contributed by atoms with E-state index >= 15 is 0 Å². The van der Waals surface area contributed by atoms with Gasteiger partial charge in [-0.05, 0) is 54.3 Å². The van der Waals surface area contributed by atoms with E-state index in [1.165, 1.54) is 0 Å². The van der Waals surface area contributed by atoms with Crippen LogP contribution in [0.5, 0.6) is 5.75 Å². The number of hydrogen-bond acceptors (Lipinski definition) is 2. The Morgan fingerprint density at radius 2 is 2.00 bits per heavy atom. The van der Waals surface area contributed by atoms with E-state index in [0.29, 0.717) is 16.6 Å². The van der Waals surface area contributed by atoms with Gasteiger partial charge in [-0.3, -0.25) is 4.79 Å². The van der Waals surface area contributed by atoms with Crippen molar-refractivity contribution in [3.63, 3.8) is 0 Å². The fourth-order valence-corrected chi connectivity index (χ4v) is 2.67. The summed E-state index contributed by atoms with van der Waals surface area (Å²) >= 11 is 9.51. The van der Waals surface area contributed by atoms with Gasteiger partial charge < -0.3 is 10.1 Å². The number of rotatable bonds is 5. The molecule has 0 aromatic heterocycles. The molecule has 1 N–H and O–H groups in total. The van der Waals surface area contributed by atoms with E-state index in [2.05, 4.69) is 35.1 Å². The Morgan fingerprint density at radius 1 is 1.26 bits per heavy atom. The van der Waals surface area contributed by atoms with Gasteiger partial charge in [0.15, 0.2) is 6.61 Å². The SMILES string of the molecule is Cc1ccc(NC(=O)COc2ccc(Br)cc2C(C)C)cc1Cl. The molecule has 2 rings (SSSR count). The second kappa shape index (κ2) is 7.84. The number of aryl methyl sites for hydroxylation is 1. The van der Waals surface area contributed by atoms with Crippen LogP contribution >= 0.6 is 27.5 Å². The summed E-state index contributed by atoms with van der Waals surface area (Å²) in [5, 5.41) is 3.41. The number of carbonyl (C=O) groups is 1. The fourth-order valence-electron chi connectivity index (χ4n) is 2.11. The Hall–Kier alpha value is -1.52. The molecule has 1 amide bonds. The lowest BCUT2D eigenvalue weighted by Gasteiger charge is -2.14. The molecule has 0 atom stereocenters. The largest absolute Gasteiger partial charge is 0.483 e. The molecule has 0 fully saturated rings. The molecule has 0 bridgehead atoms. The van der Waals surface area contributed by atoms with E-state index in [4.69, 9.17) is 16.3 Å². The molecule has 23 heavy (non-hydrogen) atoms. The summed E-state index contributed by atoms with van der Waals surface area (Å²) in [7, 11) is 0. The van der Waals surface area contributed by atoms with Gasteiger partial charge in [-0.1, -0.05) is 47.4 Å². The van der Waals surface area contributed by atoms with Gasteiger partial charge >= 0.3 is 0 Å². The first-order valence-electron chi connectivity index (χ1n) is 7.35. The molecule has 0 aliphatic heterocycles. The zero-order chi connectivity index (χ0) is 17.0. The average Bonchev–Trinajstić information content (AvgIpc) is 2.49. The van der Waals surface area contributed by atoms with Crippen molar-refractivity contribution in [2.45, 2.75) is 26.7 Å². The average molecular weight is 397 g/mol. The molecule has 0 aliphatic rings. The highest BCUT2D eigenvalue weighted by molar-refractivity contribution is 9.10. The van der Waals surface area contributed by atoms with Crippen molar-refractivity contribution in [2.24, 2.45) is 0 Å². The number of carbonyl (C=O) groups excluding carboxylic acids is 1. The number of amides is 1. The summed E-state index contributed by atoms with van der Waals surface area (Å²) in [5.74, 6) is 0.810. The van der Waals surface area contributed by atoms with Crippen molar-refractivity contribution >= 4 is 39.1 Å². The lowest BCUT2D eigenvalue weighted by molar-refractivity contribution is -0.118. The first-order valence-corrected chi connectivity index (χ1v) is 8.52. The third kappa shape index (κ3) is 4.98. The van der Waals surface area contributed by atoms with Crippen molar-refractivity contribution in [1.82, 2.24) is 0 Å². The normalized spacial score (nSPS) is 10.7. The lowest BCUT2D eigenvalue weighted by Crippen LogP contribution is -2.20. The Balaban J connectivity index is 2.00. The second-order valence-electron chi connectivity index (χ2n) is 5.64. The molecule has 0 radical (unpaired) electrons. The Morgan fingerprint density at radius 3 is 2.65 bits per heavy atom. The molecule has 122 valence electrons. The summed E-state index contributed by atoms with van der Waals surface area (Å²) in [5.41, 5.74) is 2.69. The topological polar surface area (TPSA) is 38.3 Å². The molecule has 0 saturated heterocycles. The van der Waals surface area contributed by atoms with Crippen LogP contribution in [0.3, 0.4) is 0 Å². The van der Waals surface area contributed by atoms with E-state index in [1.54, 1.807) is 6.07 Å². The number of anilines is 1. The summed E-state index contributed by atoms with van der Waals surface area (Å²) in [4.78, 5) is 12.0. The van der Waals surface area contributed by atoms with E-state index in [9.17, 15) is 4.79 Å². The minimum Gasteiger partial charge on any atom is -0.483 e. The van der Waals surface area contributed by atoms with Crippen LogP contribution in [0, 0.1) is 6.92 Å². The summed E-state index contributed by atoms with van der Waals surface area (Å²) in [6, 6.07) is 11.2. The van der Waals surface area contributed by atoms with Gasteiger partial charge in [-0.2, -0.15) is 0 Å². The summed E-state index contributed by atoms with van der Waals surface area (Å²) < 4.78 is 6.67. The van der Waals surface area contributed by atoms with E-state index < -0.39 is 0 Å². The lowest BCUT2D eigenvalue weighted by atomic mass is 10.0. The number of benzene rings is 2. The molecule has 0 saturated carbocycles.